The van der Waals surface area contributed by atoms with Crippen molar-refractivity contribution in [2.24, 2.45) is 5.92 Å². The molecule has 1 aromatic carbocycles. The maximum atomic E-state index is 13.2. The Labute approximate surface area is 119 Å². The summed E-state index contributed by atoms with van der Waals surface area (Å²) in [4.78, 5) is 14.1. The number of halogens is 3. The fourth-order valence-corrected chi connectivity index (χ4v) is 2.88. The van der Waals surface area contributed by atoms with Crippen molar-refractivity contribution in [1.29, 1.82) is 0 Å². The van der Waals surface area contributed by atoms with Crippen LogP contribution in [0.4, 0.5) is 4.39 Å². The van der Waals surface area contributed by atoms with Crippen LogP contribution in [0.3, 0.4) is 0 Å². The molecule has 1 fully saturated rings. The number of nitrogens with zero attached hydrogens (tertiary/aromatic N) is 1. The molecule has 0 bridgehead atoms. The number of hydrogen-bond acceptors (Lipinski definition) is 1. The highest BCUT2D eigenvalue weighted by Crippen LogP contribution is 2.23. The molecule has 0 spiro atoms. The molecule has 1 atom stereocenters. The van der Waals surface area contributed by atoms with Crippen LogP contribution in [-0.2, 0) is 0 Å². The fourth-order valence-electron chi connectivity index (χ4n) is 2.21. The van der Waals surface area contributed by atoms with E-state index in [1.807, 2.05) is 0 Å². The number of benzene rings is 1. The molecule has 1 aliphatic heterocycles. The minimum absolute atomic E-state index is 0.129. The molecule has 18 heavy (non-hydrogen) atoms. The van der Waals surface area contributed by atoms with E-state index in [1.165, 1.54) is 12.1 Å². The summed E-state index contributed by atoms with van der Waals surface area (Å²) in [6.45, 7) is 1.38. The molecule has 1 amide bonds. The lowest BCUT2D eigenvalue weighted by Crippen LogP contribution is -2.40. The summed E-state index contributed by atoms with van der Waals surface area (Å²) in [6.07, 6.45) is 2.01. The molecule has 2 rings (SSSR count). The smallest absolute Gasteiger partial charge is 0.255 e. The standard InChI is InChI=1S/C13H14BrClFNO/c14-12-4-3-10(16)6-11(12)13(18)17-5-1-2-9(7-15)8-17/h3-4,6,9H,1-2,5,7-8H2. The molecule has 1 heterocycles. The Balaban J connectivity index is 2.17. The van der Waals surface area contributed by atoms with Gasteiger partial charge in [-0.3, -0.25) is 4.79 Å². The Hall–Kier alpha value is -0.610. The van der Waals surface area contributed by atoms with E-state index in [0.29, 0.717) is 28.4 Å². The van der Waals surface area contributed by atoms with Crippen molar-refractivity contribution in [2.75, 3.05) is 19.0 Å². The van der Waals surface area contributed by atoms with E-state index in [1.54, 1.807) is 11.0 Å². The largest absolute Gasteiger partial charge is 0.338 e. The minimum Gasteiger partial charge on any atom is -0.338 e. The van der Waals surface area contributed by atoms with E-state index in [2.05, 4.69) is 15.9 Å². The van der Waals surface area contributed by atoms with Crippen LogP contribution in [0.5, 0.6) is 0 Å². The third-order valence-corrected chi connectivity index (χ3v) is 4.31. The summed E-state index contributed by atoms with van der Waals surface area (Å²) in [6, 6.07) is 4.17. The van der Waals surface area contributed by atoms with Gasteiger partial charge >= 0.3 is 0 Å². The first kappa shape index (κ1) is 13.8. The second-order valence-corrected chi connectivity index (χ2v) is 5.70. The first-order valence-electron chi connectivity index (χ1n) is 5.92. The van der Waals surface area contributed by atoms with Crippen LogP contribution in [-0.4, -0.2) is 29.8 Å². The second kappa shape index (κ2) is 6.02. The number of hydrogen-bond donors (Lipinski definition) is 0. The van der Waals surface area contributed by atoms with E-state index in [4.69, 9.17) is 11.6 Å². The molecular weight excluding hydrogens is 321 g/mol. The summed E-state index contributed by atoms with van der Waals surface area (Å²) < 4.78 is 13.8. The molecule has 1 saturated heterocycles. The van der Waals surface area contributed by atoms with Crippen molar-refractivity contribution in [3.63, 3.8) is 0 Å². The van der Waals surface area contributed by atoms with Gasteiger partial charge in [-0.15, -0.1) is 11.6 Å². The van der Waals surface area contributed by atoms with Crippen LogP contribution in [0.25, 0.3) is 0 Å². The van der Waals surface area contributed by atoms with Crippen LogP contribution >= 0.6 is 27.5 Å². The normalized spacial score (nSPS) is 19.9. The monoisotopic (exact) mass is 333 g/mol. The van der Waals surface area contributed by atoms with Gasteiger partial charge in [-0.25, -0.2) is 4.39 Å². The van der Waals surface area contributed by atoms with Gasteiger partial charge in [0.1, 0.15) is 5.82 Å². The maximum Gasteiger partial charge on any atom is 0.255 e. The van der Waals surface area contributed by atoms with Crippen molar-refractivity contribution in [3.8, 4) is 0 Å². The van der Waals surface area contributed by atoms with Crippen LogP contribution < -0.4 is 0 Å². The zero-order valence-corrected chi connectivity index (χ0v) is 12.2. The van der Waals surface area contributed by atoms with E-state index in [0.717, 1.165) is 19.4 Å². The molecule has 0 radical (unpaired) electrons. The SMILES string of the molecule is O=C(c1cc(F)ccc1Br)N1CCCC(CCl)C1. The highest BCUT2D eigenvalue weighted by atomic mass is 79.9. The molecule has 1 aliphatic rings. The zero-order valence-electron chi connectivity index (χ0n) is 9.83. The minimum atomic E-state index is -0.396. The highest BCUT2D eigenvalue weighted by molar-refractivity contribution is 9.10. The van der Waals surface area contributed by atoms with Crippen molar-refractivity contribution >= 4 is 33.4 Å². The number of alkyl halides is 1. The molecule has 2 nitrogen and oxygen atoms in total. The molecule has 0 aromatic heterocycles. The average molecular weight is 335 g/mol. The van der Waals surface area contributed by atoms with E-state index in [9.17, 15) is 9.18 Å². The maximum absolute atomic E-state index is 13.2. The van der Waals surface area contributed by atoms with Crippen molar-refractivity contribution in [2.45, 2.75) is 12.8 Å². The summed E-state index contributed by atoms with van der Waals surface area (Å²) in [5.41, 5.74) is 0.380. The first-order valence-corrected chi connectivity index (χ1v) is 7.25. The van der Waals surface area contributed by atoms with Gasteiger partial charge < -0.3 is 4.90 Å². The molecule has 0 saturated carbocycles. The van der Waals surface area contributed by atoms with Gasteiger partial charge in [-0.2, -0.15) is 0 Å². The van der Waals surface area contributed by atoms with Crippen LogP contribution in [0, 0.1) is 11.7 Å². The van der Waals surface area contributed by atoms with Gasteiger partial charge in [-0.1, -0.05) is 0 Å². The van der Waals surface area contributed by atoms with Crippen LogP contribution in [0.1, 0.15) is 23.2 Å². The van der Waals surface area contributed by atoms with E-state index < -0.39 is 5.82 Å². The molecule has 0 N–H and O–H groups in total. The summed E-state index contributed by atoms with van der Waals surface area (Å²) in [7, 11) is 0. The Bertz CT molecular complexity index is 455. The number of carbonyl (C=O) groups excluding carboxylic acids is 1. The Kier molecular flexibility index (Phi) is 4.62. The summed E-state index contributed by atoms with van der Waals surface area (Å²) in [5, 5.41) is 0. The molecule has 98 valence electrons. The predicted molar refractivity (Wildman–Crippen MR) is 73.4 cm³/mol. The predicted octanol–water partition coefficient (Wildman–Crippen LogP) is 3.68. The van der Waals surface area contributed by atoms with Gasteiger partial charge in [0, 0.05) is 23.4 Å². The zero-order chi connectivity index (χ0) is 13.1. The second-order valence-electron chi connectivity index (χ2n) is 4.54. The Morgan fingerprint density at radius 3 is 3.06 bits per heavy atom. The van der Waals surface area contributed by atoms with Crippen molar-refractivity contribution < 1.29 is 9.18 Å². The topological polar surface area (TPSA) is 20.3 Å². The van der Waals surface area contributed by atoms with Crippen molar-refractivity contribution in [3.05, 3.63) is 34.1 Å². The highest BCUT2D eigenvalue weighted by Gasteiger charge is 2.25. The molecule has 0 aliphatic carbocycles. The van der Waals surface area contributed by atoms with Gasteiger partial charge in [-0.05, 0) is 52.9 Å². The van der Waals surface area contributed by atoms with Gasteiger partial charge in [0.2, 0.25) is 0 Å². The number of rotatable bonds is 2. The Morgan fingerprint density at radius 2 is 2.33 bits per heavy atom. The van der Waals surface area contributed by atoms with Crippen molar-refractivity contribution in [1.82, 2.24) is 4.90 Å². The molecule has 1 unspecified atom stereocenters. The quantitative estimate of drug-likeness (QED) is 0.756. The van der Waals surface area contributed by atoms with E-state index >= 15 is 0 Å². The first-order chi connectivity index (χ1) is 8.61. The lowest BCUT2D eigenvalue weighted by atomic mass is 9.99. The lowest BCUT2D eigenvalue weighted by molar-refractivity contribution is 0.0683. The van der Waals surface area contributed by atoms with Gasteiger partial charge in [0.25, 0.3) is 5.91 Å². The molecule has 5 heteroatoms. The number of carbonyl (C=O) groups is 1. The number of likely N-dealkylation sites (tertiary alicyclic amines) is 1. The van der Waals surface area contributed by atoms with Gasteiger partial charge in [0.15, 0.2) is 0 Å². The third kappa shape index (κ3) is 3.04. The summed E-state index contributed by atoms with van der Waals surface area (Å²) >= 11 is 9.14. The summed E-state index contributed by atoms with van der Waals surface area (Å²) in [5.74, 6) is 0.383. The van der Waals surface area contributed by atoms with E-state index in [-0.39, 0.29) is 5.91 Å². The van der Waals surface area contributed by atoms with Crippen LogP contribution in [0.2, 0.25) is 0 Å². The number of piperidine rings is 1. The van der Waals surface area contributed by atoms with Crippen LogP contribution in [0.15, 0.2) is 22.7 Å². The molecular formula is C13H14BrClFNO. The van der Waals surface area contributed by atoms with Gasteiger partial charge in [0.05, 0.1) is 5.56 Å². The average Bonchev–Trinajstić information content (AvgIpc) is 2.41. The molecule has 1 aromatic rings. The Morgan fingerprint density at radius 1 is 1.56 bits per heavy atom. The fraction of sp³-hybridized carbons (Fsp3) is 0.462. The third-order valence-electron chi connectivity index (χ3n) is 3.18. The number of amides is 1. The lowest BCUT2D eigenvalue weighted by Gasteiger charge is -2.32.